The van der Waals surface area contributed by atoms with Crippen LogP contribution in [0.25, 0.3) is 0 Å². The number of hydrogen-bond acceptors (Lipinski definition) is 3. The SMILES string of the molecule is Cc1ccc(C(C)(C)C)c(OCCCC(C)(N)C(N)=O)c1. The van der Waals surface area contributed by atoms with Crippen molar-refractivity contribution in [2.24, 2.45) is 11.5 Å². The van der Waals surface area contributed by atoms with Crippen molar-refractivity contribution in [3.05, 3.63) is 29.3 Å². The average Bonchev–Trinajstić information content (AvgIpc) is 2.33. The van der Waals surface area contributed by atoms with E-state index in [4.69, 9.17) is 16.2 Å². The maximum absolute atomic E-state index is 11.2. The molecule has 4 heteroatoms. The molecule has 1 rings (SSSR count). The van der Waals surface area contributed by atoms with E-state index in [-0.39, 0.29) is 5.41 Å². The first-order valence-corrected chi connectivity index (χ1v) is 7.37. The lowest BCUT2D eigenvalue weighted by Crippen LogP contribution is -2.49. The molecular formula is C17H28N2O2. The number of nitrogens with two attached hydrogens (primary N) is 2. The van der Waals surface area contributed by atoms with Crippen molar-refractivity contribution >= 4 is 5.91 Å². The number of amides is 1. The third-order valence-corrected chi connectivity index (χ3v) is 3.61. The van der Waals surface area contributed by atoms with Gasteiger partial charge in [-0.2, -0.15) is 0 Å². The average molecular weight is 292 g/mol. The van der Waals surface area contributed by atoms with E-state index < -0.39 is 11.4 Å². The summed E-state index contributed by atoms with van der Waals surface area (Å²) in [5.74, 6) is 0.425. The Kier molecular flexibility index (Phi) is 5.40. The monoisotopic (exact) mass is 292 g/mol. The number of primary amides is 1. The Morgan fingerprint density at radius 1 is 1.24 bits per heavy atom. The summed E-state index contributed by atoms with van der Waals surface area (Å²) < 4.78 is 5.91. The number of benzene rings is 1. The number of carbonyl (C=O) groups excluding carboxylic acids is 1. The highest BCUT2D eigenvalue weighted by atomic mass is 16.5. The first-order chi connectivity index (χ1) is 9.54. The second-order valence-electron chi connectivity index (χ2n) is 6.98. The van der Waals surface area contributed by atoms with Gasteiger partial charge in [0.25, 0.3) is 0 Å². The minimum absolute atomic E-state index is 0.0264. The van der Waals surface area contributed by atoms with E-state index in [1.165, 1.54) is 11.1 Å². The summed E-state index contributed by atoms with van der Waals surface area (Å²) >= 11 is 0. The summed E-state index contributed by atoms with van der Waals surface area (Å²) in [4.78, 5) is 11.2. The third-order valence-electron chi connectivity index (χ3n) is 3.61. The van der Waals surface area contributed by atoms with Crippen LogP contribution in [-0.4, -0.2) is 18.1 Å². The molecule has 21 heavy (non-hydrogen) atoms. The Bertz CT molecular complexity index is 502. The topological polar surface area (TPSA) is 78.3 Å². The van der Waals surface area contributed by atoms with Gasteiger partial charge in [0.1, 0.15) is 5.75 Å². The van der Waals surface area contributed by atoms with Crippen LogP contribution in [0, 0.1) is 6.92 Å². The fourth-order valence-corrected chi connectivity index (χ4v) is 2.11. The third kappa shape index (κ3) is 5.05. The zero-order valence-electron chi connectivity index (χ0n) is 13.8. The summed E-state index contributed by atoms with van der Waals surface area (Å²) in [5.41, 5.74) is 12.5. The van der Waals surface area contributed by atoms with Crippen LogP contribution in [0.5, 0.6) is 5.75 Å². The van der Waals surface area contributed by atoms with Gasteiger partial charge in [0.2, 0.25) is 5.91 Å². The molecule has 0 saturated carbocycles. The Morgan fingerprint density at radius 3 is 2.38 bits per heavy atom. The molecule has 0 heterocycles. The predicted octanol–water partition coefficient (Wildman–Crippen LogP) is 2.65. The van der Waals surface area contributed by atoms with Crippen LogP contribution in [-0.2, 0) is 10.2 Å². The molecule has 0 radical (unpaired) electrons. The molecule has 4 N–H and O–H groups in total. The maximum Gasteiger partial charge on any atom is 0.237 e. The van der Waals surface area contributed by atoms with E-state index in [0.29, 0.717) is 19.4 Å². The molecule has 0 saturated heterocycles. The summed E-state index contributed by atoms with van der Waals surface area (Å²) in [6.07, 6.45) is 1.20. The van der Waals surface area contributed by atoms with Gasteiger partial charge >= 0.3 is 0 Å². The van der Waals surface area contributed by atoms with Crippen LogP contribution in [0.15, 0.2) is 18.2 Å². The van der Waals surface area contributed by atoms with Gasteiger partial charge in [-0.25, -0.2) is 0 Å². The molecule has 1 amide bonds. The van der Waals surface area contributed by atoms with E-state index in [0.717, 1.165) is 5.75 Å². The lowest BCUT2D eigenvalue weighted by molar-refractivity contribution is -0.122. The molecule has 0 aliphatic rings. The molecule has 0 spiro atoms. The van der Waals surface area contributed by atoms with Crippen molar-refractivity contribution < 1.29 is 9.53 Å². The summed E-state index contributed by atoms with van der Waals surface area (Å²) in [6, 6.07) is 6.26. The van der Waals surface area contributed by atoms with E-state index in [9.17, 15) is 4.79 Å². The summed E-state index contributed by atoms with van der Waals surface area (Å²) in [6.45, 7) is 10.7. The standard InChI is InChI=1S/C17H28N2O2/c1-12-7-8-13(16(2,3)4)14(11-12)21-10-6-9-17(5,19)15(18)20/h7-8,11H,6,9-10,19H2,1-5H3,(H2,18,20). The van der Waals surface area contributed by atoms with Crippen molar-refractivity contribution in [3.63, 3.8) is 0 Å². The van der Waals surface area contributed by atoms with Crippen molar-refractivity contribution in [1.29, 1.82) is 0 Å². The molecule has 1 unspecified atom stereocenters. The van der Waals surface area contributed by atoms with Crippen LogP contribution in [0.1, 0.15) is 51.7 Å². The maximum atomic E-state index is 11.2. The molecule has 1 aromatic carbocycles. The van der Waals surface area contributed by atoms with E-state index in [1.807, 2.05) is 6.92 Å². The summed E-state index contributed by atoms with van der Waals surface area (Å²) in [7, 11) is 0. The predicted molar refractivity (Wildman–Crippen MR) is 86.4 cm³/mol. The van der Waals surface area contributed by atoms with E-state index in [2.05, 4.69) is 39.0 Å². The van der Waals surface area contributed by atoms with Crippen molar-refractivity contribution in [1.82, 2.24) is 0 Å². The van der Waals surface area contributed by atoms with Crippen LogP contribution >= 0.6 is 0 Å². The van der Waals surface area contributed by atoms with Gasteiger partial charge in [-0.05, 0) is 49.3 Å². The van der Waals surface area contributed by atoms with E-state index in [1.54, 1.807) is 6.92 Å². The second kappa shape index (κ2) is 6.48. The molecule has 118 valence electrons. The fraction of sp³-hybridized carbons (Fsp3) is 0.588. The highest BCUT2D eigenvalue weighted by molar-refractivity contribution is 5.83. The van der Waals surface area contributed by atoms with Gasteiger partial charge in [-0.3, -0.25) is 4.79 Å². The molecule has 0 aliphatic carbocycles. The minimum Gasteiger partial charge on any atom is -0.493 e. The number of aryl methyl sites for hydroxylation is 1. The Hall–Kier alpha value is -1.55. The van der Waals surface area contributed by atoms with Gasteiger partial charge in [-0.15, -0.1) is 0 Å². The Morgan fingerprint density at radius 2 is 1.86 bits per heavy atom. The molecular weight excluding hydrogens is 264 g/mol. The molecule has 1 aromatic rings. The molecule has 0 aliphatic heterocycles. The van der Waals surface area contributed by atoms with Crippen LogP contribution in [0.3, 0.4) is 0 Å². The largest absolute Gasteiger partial charge is 0.493 e. The second-order valence-corrected chi connectivity index (χ2v) is 6.98. The van der Waals surface area contributed by atoms with Gasteiger partial charge in [0.05, 0.1) is 12.1 Å². The lowest BCUT2D eigenvalue weighted by atomic mass is 9.86. The van der Waals surface area contributed by atoms with Gasteiger partial charge in [-0.1, -0.05) is 32.9 Å². The number of rotatable bonds is 6. The molecule has 1 atom stereocenters. The fourth-order valence-electron chi connectivity index (χ4n) is 2.11. The van der Waals surface area contributed by atoms with E-state index >= 15 is 0 Å². The normalized spacial score (nSPS) is 14.6. The van der Waals surface area contributed by atoms with Crippen molar-refractivity contribution in [2.45, 2.75) is 58.4 Å². The quantitative estimate of drug-likeness (QED) is 0.791. The molecule has 0 bridgehead atoms. The highest BCUT2D eigenvalue weighted by Gasteiger charge is 2.25. The van der Waals surface area contributed by atoms with Crippen LogP contribution < -0.4 is 16.2 Å². The lowest BCUT2D eigenvalue weighted by Gasteiger charge is -2.24. The number of hydrogen-bond donors (Lipinski definition) is 2. The number of carbonyl (C=O) groups is 1. The number of ether oxygens (including phenoxy) is 1. The van der Waals surface area contributed by atoms with Gasteiger partial charge in [0, 0.05) is 0 Å². The van der Waals surface area contributed by atoms with Crippen LogP contribution in [0.4, 0.5) is 0 Å². The van der Waals surface area contributed by atoms with Gasteiger partial charge < -0.3 is 16.2 Å². The molecule has 0 fully saturated rings. The molecule has 0 aromatic heterocycles. The van der Waals surface area contributed by atoms with Gasteiger partial charge in [0.15, 0.2) is 0 Å². The zero-order valence-corrected chi connectivity index (χ0v) is 13.8. The Balaban J connectivity index is 2.68. The Labute approximate surface area is 127 Å². The first-order valence-electron chi connectivity index (χ1n) is 7.37. The minimum atomic E-state index is -0.969. The smallest absolute Gasteiger partial charge is 0.237 e. The van der Waals surface area contributed by atoms with Crippen LogP contribution in [0.2, 0.25) is 0 Å². The molecule has 4 nitrogen and oxygen atoms in total. The summed E-state index contributed by atoms with van der Waals surface area (Å²) in [5, 5.41) is 0. The first kappa shape index (κ1) is 17.5. The zero-order chi connectivity index (χ0) is 16.3. The van der Waals surface area contributed by atoms with Crippen molar-refractivity contribution in [3.8, 4) is 5.75 Å². The highest BCUT2D eigenvalue weighted by Crippen LogP contribution is 2.32. The van der Waals surface area contributed by atoms with Crippen molar-refractivity contribution in [2.75, 3.05) is 6.61 Å².